The minimum atomic E-state index is -0.155. The Balaban J connectivity index is 1.64. The molecule has 3 heterocycles. The van der Waals surface area contributed by atoms with E-state index in [2.05, 4.69) is 16.8 Å². The van der Waals surface area contributed by atoms with Gasteiger partial charge in [0.1, 0.15) is 11.5 Å². The first-order chi connectivity index (χ1) is 12.6. The number of aromatic hydroxyl groups is 1. The quantitative estimate of drug-likeness (QED) is 0.857. The van der Waals surface area contributed by atoms with Crippen LogP contribution in [0.1, 0.15) is 41.3 Å². The number of phenols is 1. The summed E-state index contributed by atoms with van der Waals surface area (Å²) in [5.74, 6) is 1.43. The molecule has 2 aromatic rings. The van der Waals surface area contributed by atoms with Crippen molar-refractivity contribution in [3.05, 3.63) is 59.1 Å². The van der Waals surface area contributed by atoms with Gasteiger partial charge in [0.2, 0.25) is 5.78 Å². The van der Waals surface area contributed by atoms with E-state index in [4.69, 9.17) is 4.74 Å². The Morgan fingerprint density at radius 2 is 2.27 bits per heavy atom. The van der Waals surface area contributed by atoms with Gasteiger partial charge in [-0.2, -0.15) is 0 Å². The maximum Gasteiger partial charge on any atom is 0.231 e. The minimum absolute atomic E-state index is 0.155. The molecule has 1 aromatic heterocycles. The second kappa shape index (κ2) is 6.92. The Hall–Kier alpha value is -2.66. The molecule has 134 valence electrons. The molecule has 0 saturated carbocycles. The van der Waals surface area contributed by atoms with Crippen LogP contribution in [-0.2, 0) is 6.54 Å². The van der Waals surface area contributed by atoms with E-state index >= 15 is 0 Å². The number of hydrogen-bond donors (Lipinski definition) is 1. The van der Waals surface area contributed by atoms with Crippen LogP contribution < -0.4 is 4.74 Å². The number of allylic oxidation sites excluding steroid dienone is 1. The van der Waals surface area contributed by atoms with Crippen molar-refractivity contribution in [1.29, 1.82) is 0 Å². The molecule has 1 atom stereocenters. The van der Waals surface area contributed by atoms with E-state index in [-0.39, 0.29) is 17.3 Å². The number of hydrogen-bond acceptors (Lipinski definition) is 5. The molecule has 5 heteroatoms. The van der Waals surface area contributed by atoms with Crippen LogP contribution in [0.5, 0.6) is 11.5 Å². The normalized spacial score (nSPS) is 21.7. The highest BCUT2D eigenvalue weighted by molar-refractivity contribution is 6.14. The van der Waals surface area contributed by atoms with Crippen LogP contribution in [0.4, 0.5) is 0 Å². The number of pyridine rings is 1. The van der Waals surface area contributed by atoms with E-state index in [0.29, 0.717) is 29.3 Å². The Morgan fingerprint density at radius 3 is 3.04 bits per heavy atom. The predicted octanol–water partition coefficient (Wildman–Crippen LogP) is 3.64. The molecule has 0 amide bonds. The van der Waals surface area contributed by atoms with Gasteiger partial charge in [0.15, 0.2) is 5.76 Å². The van der Waals surface area contributed by atoms with Gasteiger partial charge < -0.3 is 9.84 Å². The van der Waals surface area contributed by atoms with Crippen LogP contribution >= 0.6 is 0 Å². The topological polar surface area (TPSA) is 62.7 Å². The Kier molecular flexibility index (Phi) is 4.47. The van der Waals surface area contributed by atoms with E-state index in [9.17, 15) is 9.90 Å². The molecule has 5 nitrogen and oxygen atoms in total. The number of ether oxygens (including phenoxy) is 1. The number of Topliss-reactive ketones (excluding diaryl/α,β-unsaturated/α-hetero) is 1. The SMILES string of the molecule is C[C@H]1CCCN(Cc2c(O)ccc3c2OC(=Cc2cccnc2)C3=O)C1. The first kappa shape index (κ1) is 16.8. The average Bonchev–Trinajstić information content (AvgIpc) is 2.95. The molecule has 1 aromatic carbocycles. The van der Waals surface area contributed by atoms with E-state index in [1.165, 1.54) is 6.42 Å². The molecule has 0 spiro atoms. The lowest BCUT2D eigenvalue weighted by Crippen LogP contribution is -2.33. The highest BCUT2D eigenvalue weighted by Crippen LogP contribution is 2.40. The number of ketones is 1. The molecule has 1 fully saturated rings. The maximum absolute atomic E-state index is 12.7. The summed E-state index contributed by atoms with van der Waals surface area (Å²) in [5, 5.41) is 10.4. The summed E-state index contributed by atoms with van der Waals surface area (Å²) in [6, 6.07) is 6.91. The van der Waals surface area contributed by atoms with E-state index in [1.54, 1.807) is 30.6 Å². The number of nitrogens with zero attached hydrogens (tertiary/aromatic N) is 2. The Bertz CT molecular complexity index is 861. The lowest BCUT2D eigenvalue weighted by Gasteiger charge is -2.31. The van der Waals surface area contributed by atoms with Crippen LogP contribution in [0.15, 0.2) is 42.4 Å². The largest absolute Gasteiger partial charge is 0.507 e. The van der Waals surface area contributed by atoms with Crippen molar-refractivity contribution in [3.8, 4) is 11.5 Å². The van der Waals surface area contributed by atoms with Gasteiger partial charge in [0.25, 0.3) is 0 Å². The summed E-state index contributed by atoms with van der Waals surface area (Å²) in [7, 11) is 0. The molecule has 1 N–H and O–H groups in total. The highest BCUT2D eigenvalue weighted by atomic mass is 16.5. The van der Waals surface area contributed by atoms with E-state index in [0.717, 1.165) is 25.1 Å². The fraction of sp³-hybridized carbons (Fsp3) is 0.333. The molecular formula is C21H22N2O3. The van der Waals surface area contributed by atoms with Gasteiger partial charge in [-0.15, -0.1) is 0 Å². The molecule has 1 saturated heterocycles. The number of carbonyl (C=O) groups excluding carboxylic acids is 1. The smallest absolute Gasteiger partial charge is 0.231 e. The zero-order chi connectivity index (χ0) is 18.1. The number of piperidine rings is 1. The van der Waals surface area contributed by atoms with Gasteiger partial charge in [-0.3, -0.25) is 14.7 Å². The van der Waals surface area contributed by atoms with Crippen molar-refractivity contribution in [2.45, 2.75) is 26.3 Å². The summed E-state index contributed by atoms with van der Waals surface area (Å²) >= 11 is 0. The number of likely N-dealkylation sites (tertiary alicyclic amines) is 1. The number of phenolic OH excluding ortho intramolecular Hbond substituents is 1. The first-order valence-electron chi connectivity index (χ1n) is 9.03. The zero-order valence-corrected chi connectivity index (χ0v) is 14.8. The van der Waals surface area contributed by atoms with Crippen LogP contribution in [0, 0.1) is 5.92 Å². The molecule has 0 bridgehead atoms. The zero-order valence-electron chi connectivity index (χ0n) is 14.8. The van der Waals surface area contributed by atoms with Crippen LogP contribution in [-0.4, -0.2) is 33.9 Å². The lowest BCUT2D eigenvalue weighted by atomic mass is 9.99. The highest BCUT2D eigenvalue weighted by Gasteiger charge is 2.32. The lowest BCUT2D eigenvalue weighted by molar-refractivity contribution is 0.101. The van der Waals surface area contributed by atoms with Gasteiger partial charge in [-0.1, -0.05) is 13.0 Å². The summed E-state index contributed by atoms with van der Waals surface area (Å²) in [6.07, 6.45) is 7.45. The first-order valence-corrected chi connectivity index (χ1v) is 9.03. The number of fused-ring (bicyclic) bond motifs is 1. The van der Waals surface area contributed by atoms with Gasteiger partial charge in [0, 0.05) is 25.5 Å². The second-order valence-corrected chi connectivity index (χ2v) is 7.15. The number of aromatic nitrogens is 1. The standard InChI is InChI=1S/C21H22N2O3/c1-14-4-3-9-23(12-14)13-17-18(24)7-6-16-20(25)19(26-21(16)17)10-15-5-2-8-22-11-15/h2,5-8,10-11,14,24H,3-4,9,12-13H2,1H3/t14-/m0/s1. The van der Waals surface area contributed by atoms with Gasteiger partial charge in [-0.25, -0.2) is 0 Å². The molecule has 0 aliphatic carbocycles. The summed E-state index contributed by atoms with van der Waals surface area (Å²) < 4.78 is 5.90. The maximum atomic E-state index is 12.7. The van der Waals surface area contributed by atoms with E-state index in [1.807, 2.05) is 12.1 Å². The van der Waals surface area contributed by atoms with Crippen molar-refractivity contribution in [2.24, 2.45) is 5.92 Å². The van der Waals surface area contributed by atoms with Crippen molar-refractivity contribution >= 4 is 11.9 Å². The van der Waals surface area contributed by atoms with E-state index < -0.39 is 0 Å². The third-order valence-electron chi connectivity index (χ3n) is 5.02. The van der Waals surface area contributed by atoms with Crippen molar-refractivity contribution in [3.63, 3.8) is 0 Å². The molecule has 2 aliphatic heterocycles. The molecule has 0 radical (unpaired) electrons. The summed E-state index contributed by atoms with van der Waals surface area (Å²) in [4.78, 5) is 19.1. The molecule has 26 heavy (non-hydrogen) atoms. The van der Waals surface area contributed by atoms with Crippen LogP contribution in [0.2, 0.25) is 0 Å². The van der Waals surface area contributed by atoms with Gasteiger partial charge in [-0.05, 0) is 55.1 Å². The molecule has 2 aliphatic rings. The number of carbonyl (C=O) groups is 1. The molecule has 0 unspecified atom stereocenters. The van der Waals surface area contributed by atoms with Crippen molar-refractivity contribution < 1.29 is 14.6 Å². The Morgan fingerprint density at radius 1 is 1.38 bits per heavy atom. The predicted molar refractivity (Wildman–Crippen MR) is 99.0 cm³/mol. The fourth-order valence-corrected chi connectivity index (χ4v) is 3.72. The minimum Gasteiger partial charge on any atom is -0.507 e. The molecule has 4 rings (SSSR count). The van der Waals surface area contributed by atoms with Crippen molar-refractivity contribution in [1.82, 2.24) is 9.88 Å². The van der Waals surface area contributed by atoms with Crippen LogP contribution in [0.3, 0.4) is 0 Å². The number of rotatable bonds is 3. The second-order valence-electron chi connectivity index (χ2n) is 7.15. The number of benzene rings is 1. The Labute approximate surface area is 152 Å². The third-order valence-corrected chi connectivity index (χ3v) is 5.02. The monoisotopic (exact) mass is 350 g/mol. The van der Waals surface area contributed by atoms with Gasteiger partial charge >= 0.3 is 0 Å². The van der Waals surface area contributed by atoms with Crippen molar-refractivity contribution in [2.75, 3.05) is 13.1 Å². The fourth-order valence-electron chi connectivity index (χ4n) is 3.72. The summed E-state index contributed by atoms with van der Waals surface area (Å²) in [6.45, 7) is 4.83. The van der Waals surface area contributed by atoms with Crippen LogP contribution in [0.25, 0.3) is 6.08 Å². The van der Waals surface area contributed by atoms with Gasteiger partial charge in [0.05, 0.1) is 11.1 Å². The average molecular weight is 350 g/mol. The summed E-state index contributed by atoms with van der Waals surface area (Å²) in [5.41, 5.74) is 2.01. The third kappa shape index (κ3) is 3.22. The molecular weight excluding hydrogens is 328 g/mol.